The highest BCUT2D eigenvalue weighted by atomic mass is 16.6. The molecule has 5 nitrogen and oxygen atoms in total. The molecule has 0 aromatic heterocycles. The highest BCUT2D eigenvalue weighted by molar-refractivity contribution is 5.60. The standard InChI is InChI=1S/C7H8N2O2.C2H6O.C2H6/c1-8-6-4-2-3-5-7(6)9(10)11;1-3-2;1-2/h2-5,8H,1H3;1-2H3;1-2H3. The molecule has 5 heteroatoms. The average Bonchev–Trinajstić information content (AvgIpc) is 2.32. The van der Waals surface area contributed by atoms with E-state index in [1.807, 2.05) is 13.8 Å². The summed E-state index contributed by atoms with van der Waals surface area (Å²) in [5.74, 6) is 0. The van der Waals surface area contributed by atoms with Crippen LogP contribution >= 0.6 is 0 Å². The van der Waals surface area contributed by atoms with Crippen LogP contribution in [0, 0.1) is 10.1 Å². The Morgan fingerprint density at radius 1 is 1.25 bits per heavy atom. The summed E-state index contributed by atoms with van der Waals surface area (Å²) in [6.45, 7) is 4.00. The summed E-state index contributed by atoms with van der Waals surface area (Å²) in [6, 6.07) is 6.52. The van der Waals surface area contributed by atoms with E-state index in [9.17, 15) is 10.1 Å². The molecular weight excluding hydrogens is 208 g/mol. The number of ether oxygens (including phenoxy) is 1. The SMILES string of the molecule is CC.CNc1ccccc1[N+](=O)[O-].COC. The van der Waals surface area contributed by atoms with Crippen molar-refractivity contribution in [3.8, 4) is 0 Å². The lowest BCUT2D eigenvalue weighted by atomic mass is 10.3. The van der Waals surface area contributed by atoms with Crippen molar-refractivity contribution in [1.29, 1.82) is 0 Å². The van der Waals surface area contributed by atoms with E-state index < -0.39 is 4.92 Å². The van der Waals surface area contributed by atoms with Crippen molar-refractivity contribution in [2.75, 3.05) is 26.6 Å². The maximum Gasteiger partial charge on any atom is 0.292 e. The minimum absolute atomic E-state index is 0.106. The van der Waals surface area contributed by atoms with Crippen LogP contribution in [0.3, 0.4) is 0 Å². The summed E-state index contributed by atoms with van der Waals surface area (Å²) < 4.78 is 4.25. The largest absolute Gasteiger partial charge is 0.388 e. The Labute approximate surface area is 96.6 Å². The predicted octanol–water partition coefficient (Wildman–Crippen LogP) is 2.93. The fourth-order valence-electron chi connectivity index (χ4n) is 0.844. The zero-order chi connectivity index (χ0) is 13.0. The molecule has 16 heavy (non-hydrogen) atoms. The number of methoxy groups -OCH3 is 1. The van der Waals surface area contributed by atoms with Crippen LogP contribution in [0.5, 0.6) is 0 Å². The Kier molecular flexibility index (Phi) is 12.0. The molecule has 0 amide bonds. The van der Waals surface area contributed by atoms with Gasteiger partial charge in [0.05, 0.1) is 4.92 Å². The van der Waals surface area contributed by atoms with Gasteiger partial charge in [-0.05, 0) is 6.07 Å². The Bertz CT molecular complexity index is 290. The Hall–Kier alpha value is -1.62. The second-order valence-electron chi connectivity index (χ2n) is 2.43. The molecule has 1 aromatic rings. The lowest BCUT2D eigenvalue weighted by Crippen LogP contribution is -1.95. The highest BCUT2D eigenvalue weighted by Gasteiger charge is 2.09. The first kappa shape index (κ1) is 16.8. The van der Waals surface area contributed by atoms with Gasteiger partial charge in [0.1, 0.15) is 5.69 Å². The minimum Gasteiger partial charge on any atom is -0.388 e. The van der Waals surface area contributed by atoms with Crippen LogP contribution < -0.4 is 5.32 Å². The summed E-state index contributed by atoms with van der Waals surface area (Å²) in [4.78, 5) is 9.94. The van der Waals surface area contributed by atoms with Gasteiger partial charge >= 0.3 is 0 Å². The third kappa shape index (κ3) is 6.78. The number of nitrogens with one attached hydrogen (secondary N) is 1. The van der Waals surface area contributed by atoms with Gasteiger partial charge in [-0.25, -0.2) is 0 Å². The zero-order valence-corrected chi connectivity index (χ0v) is 10.5. The molecule has 0 unspecified atom stereocenters. The van der Waals surface area contributed by atoms with Crippen molar-refractivity contribution < 1.29 is 9.66 Å². The lowest BCUT2D eigenvalue weighted by Gasteiger charge is -1.98. The molecule has 0 saturated heterocycles. The smallest absolute Gasteiger partial charge is 0.292 e. The first-order valence-electron chi connectivity index (χ1n) is 4.98. The van der Waals surface area contributed by atoms with Gasteiger partial charge in [-0.1, -0.05) is 26.0 Å². The Morgan fingerprint density at radius 2 is 1.69 bits per heavy atom. The molecule has 0 fully saturated rings. The van der Waals surface area contributed by atoms with Crippen LogP contribution in [0.1, 0.15) is 13.8 Å². The topological polar surface area (TPSA) is 64.4 Å². The van der Waals surface area contributed by atoms with Crippen LogP contribution in [-0.2, 0) is 4.74 Å². The van der Waals surface area contributed by atoms with E-state index in [2.05, 4.69) is 10.1 Å². The molecule has 0 aliphatic heterocycles. The number of benzene rings is 1. The molecule has 0 aliphatic rings. The number of nitrogens with zero attached hydrogens (tertiary/aromatic N) is 1. The predicted molar refractivity (Wildman–Crippen MR) is 66.9 cm³/mol. The summed E-state index contributed by atoms with van der Waals surface area (Å²) >= 11 is 0. The number of anilines is 1. The number of nitro groups is 1. The fraction of sp³-hybridized carbons (Fsp3) is 0.455. The maximum atomic E-state index is 10.3. The zero-order valence-electron chi connectivity index (χ0n) is 10.5. The molecule has 92 valence electrons. The van der Waals surface area contributed by atoms with Gasteiger partial charge in [-0.15, -0.1) is 0 Å². The minimum atomic E-state index is -0.411. The summed E-state index contributed by atoms with van der Waals surface area (Å²) in [6.07, 6.45) is 0. The number of rotatable bonds is 2. The molecule has 1 aromatic carbocycles. The van der Waals surface area contributed by atoms with Gasteiger partial charge in [0, 0.05) is 27.3 Å². The van der Waals surface area contributed by atoms with E-state index in [1.54, 1.807) is 39.5 Å². The lowest BCUT2D eigenvalue weighted by molar-refractivity contribution is -0.383. The second kappa shape index (κ2) is 11.5. The van der Waals surface area contributed by atoms with Crippen molar-refractivity contribution >= 4 is 11.4 Å². The van der Waals surface area contributed by atoms with Crippen LogP contribution in [0.4, 0.5) is 11.4 Å². The summed E-state index contributed by atoms with van der Waals surface area (Å²) in [5.41, 5.74) is 0.646. The molecule has 0 heterocycles. The van der Waals surface area contributed by atoms with E-state index in [0.717, 1.165) is 0 Å². The third-order valence-corrected chi connectivity index (χ3v) is 1.37. The molecule has 0 spiro atoms. The number of hydrogen-bond donors (Lipinski definition) is 1. The second-order valence-corrected chi connectivity index (χ2v) is 2.43. The van der Waals surface area contributed by atoms with E-state index in [4.69, 9.17) is 0 Å². The summed E-state index contributed by atoms with van der Waals surface area (Å²) in [5, 5.41) is 13.1. The Balaban J connectivity index is 0. The molecule has 1 N–H and O–H groups in total. The van der Waals surface area contributed by atoms with Crippen molar-refractivity contribution in [3.63, 3.8) is 0 Å². The van der Waals surface area contributed by atoms with Crippen LogP contribution in [0.2, 0.25) is 0 Å². The van der Waals surface area contributed by atoms with Gasteiger partial charge in [-0.3, -0.25) is 10.1 Å². The molecular formula is C11H20N2O3. The number of nitro benzene ring substituents is 1. The number of para-hydroxylation sites is 2. The van der Waals surface area contributed by atoms with E-state index in [1.165, 1.54) is 6.07 Å². The van der Waals surface area contributed by atoms with Crippen LogP contribution in [-0.4, -0.2) is 26.2 Å². The third-order valence-electron chi connectivity index (χ3n) is 1.37. The van der Waals surface area contributed by atoms with Crippen molar-refractivity contribution in [3.05, 3.63) is 34.4 Å². The van der Waals surface area contributed by atoms with Crippen molar-refractivity contribution in [2.24, 2.45) is 0 Å². The molecule has 0 radical (unpaired) electrons. The molecule has 1 rings (SSSR count). The van der Waals surface area contributed by atoms with E-state index >= 15 is 0 Å². The maximum absolute atomic E-state index is 10.3. The van der Waals surface area contributed by atoms with Gasteiger partial charge in [0.25, 0.3) is 5.69 Å². The van der Waals surface area contributed by atoms with Gasteiger partial charge in [0.15, 0.2) is 0 Å². The average molecular weight is 228 g/mol. The molecule has 0 atom stereocenters. The Morgan fingerprint density at radius 3 is 2.00 bits per heavy atom. The van der Waals surface area contributed by atoms with E-state index in [-0.39, 0.29) is 5.69 Å². The van der Waals surface area contributed by atoms with Crippen molar-refractivity contribution in [1.82, 2.24) is 0 Å². The normalized spacial score (nSPS) is 7.81. The quantitative estimate of drug-likeness (QED) is 0.624. The number of hydrogen-bond acceptors (Lipinski definition) is 4. The van der Waals surface area contributed by atoms with Crippen LogP contribution in [0.15, 0.2) is 24.3 Å². The summed E-state index contributed by atoms with van der Waals surface area (Å²) in [7, 11) is 4.91. The molecule has 0 aliphatic carbocycles. The molecule has 0 saturated carbocycles. The monoisotopic (exact) mass is 228 g/mol. The van der Waals surface area contributed by atoms with Crippen LogP contribution in [0.25, 0.3) is 0 Å². The van der Waals surface area contributed by atoms with Gasteiger partial charge < -0.3 is 10.1 Å². The van der Waals surface area contributed by atoms with Gasteiger partial charge in [-0.2, -0.15) is 0 Å². The van der Waals surface area contributed by atoms with Crippen molar-refractivity contribution in [2.45, 2.75) is 13.8 Å². The first-order chi connectivity index (χ1) is 7.67. The van der Waals surface area contributed by atoms with Gasteiger partial charge in [0.2, 0.25) is 0 Å². The van der Waals surface area contributed by atoms with E-state index in [0.29, 0.717) is 5.69 Å². The molecule has 0 bridgehead atoms. The highest BCUT2D eigenvalue weighted by Crippen LogP contribution is 2.21. The fourth-order valence-corrected chi connectivity index (χ4v) is 0.844. The first-order valence-corrected chi connectivity index (χ1v) is 4.98.